The van der Waals surface area contributed by atoms with Crippen molar-refractivity contribution in [3.8, 4) is 0 Å². The summed E-state index contributed by atoms with van der Waals surface area (Å²) in [6.07, 6.45) is 1.99. The highest BCUT2D eigenvalue weighted by molar-refractivity contribution is 6.74. The first-order chi connectivity index (χ1) is 7.65. The maximum atomic E-state index is 12.2. The molecule has 0 bridgehead atoms. The van der Waals surface area contributed by atoms with E-state index in [0.29, 0.717) is 0 Å². The van der Waals surface area contributed by atoms with Crippen molar-refractivity contribution < 1.29 is 9.22 Å². The number of carbonyl (C=O) groups excluding carboxylic acids is 1. The molecular weight excluding hydrogens is 230 g/mol. The second-order valence-corrected chi connectivity index (χ2v) is 11.3. The summed E-state index contributed by atoms with van der Waals surface area (Å²) in [6, 6.07) is 0. The fourth-order valence-corrected chi connectivity index (χ4v) is 3.20. The fraction of sp³-hybridized carbons (Fsp3) is 0.923. The lowest BCUT2D eigenvalue weighted by Gasteiger charge is -2.38. The molecule has 1 heterocycles. The van der Waals surface area contributed by atoms with Gasteiger partial charge in [-0.2, -0.15) is 0 Å². The third-order valence-corrected chi connectivity index (χ3v) is 8.60. The van der Waals surface area contributed by atoms with Crippen molar-refractivity contribution in [2.24, 2.45) is 0 Å². The first-order valence-corrected chi connectivity index (χ1v) is 9.52. The smallest absolute Gasteiger partial charge is 0.250 e. The van der Waals surface area contributed by atoms with Crippen molar-refractivity contribution in [1.82, 2.24) is 4.90 Å². The van der Waals surface area contributed by atoms with E-state index in [1.807, 2.05) is 11.8 Å². The summed E-state index contributed by atoms with van der Waals surface area (Å²) < 4.78 is 6.12. The molecule has 17 heavy (non-hydrogen) atoms. The number of likely N-dealkylation sites (tertiary alicyclic amines) is 1. The van der Waals surface area contributed by atoms with Gasteiger partial charge >= 0.3 is 0 Å². The fourth-order valence-electron chi connectivity index (χ4n) is 1.86. The second kappa shape index (κ2) is 5.10. The molecule has 0 aromatic heterocycles. The third-order valence-electron chi connectivity index (χ3n) is 4.04. The van der Waals surface area contributed by atoms with Gasteiger partial charge in [-0.3, -0.25) is 4.79 Å². The van der Waals surface area contributed by atoms with E-state index in [-0.39, 0.29) is 17.0 Å². The molecule has 0 radical (unpaired) electrons. The van der Waals surface area contributed by atoms with Gasteiger partial charge in [-0.05, 0) is 37.9 Å². The highest BCUT2D eigenvalue weighted by atomic mass is 28.4. The molecule has 0 saturated carbocycles. The van der Waals surface area contributed by atoms with Crippen LogP contribution in [-0.2, 0) is 9.22 Å². The molecule has 3 nitrogen and oxygen atoms in total. The Labute approximate surface area is 107 Å². The Morgan fingerprint density at radius 3 is 2.12 bits per heavy atom. The van der Waals surface area contributed by atoms with Gasteiger partial charge < -0.3 is 9.33 Å². The van der Waals surface area contributed by atoms with Gasteiger partial charge in [-0.25, -0.2) is 0 Å². The average Bonchev–Trinajstić information content (AvgIpc) is 2.66. The van der Waals surface area contributed by atoms with Crippen LogP contribution in [0.4, 0.5) is 0 Å². The van der Waals surface area contributed by atoms with Crippen LogP contribution in [0.3, 0.4) is 0 Å². The molecule has 0 spiro atoms. The third kappa shape index (κ3) is 3.55. The molecule has 1 atom stereocenters. The quantitative estimate of drug-likeness (QED) is 0.727. The van der Waals surface area contributed by atoms with Crippen molar-refractivity contribution in [2.75, 3.05) is 13.1 Å². The predicted octanol–water partition coefficient (Wildman–Crippen LogP) is 3.02. The summed E-state index contributed by atoms with van der Waals surface area (Å²) in [7, 11) is -1.83. The van der Waals surface area contributed by atoms with E-state index in [2.05, 4.69) is 33.9 Å². The van der Waals surface area contributed by atoms with Gasteiger partial charge in [0.1, 0.15) is 6.10 Å². The van der Waals surface area contributed by atoms with Crippen LogP contribution in [0.15, 0.2) is 0 Å². The molecule has 1 saturated heterocycles. The Balaban J connectivity index is 2.59. The molecule has 0 unspecified atom stereocenters. The van der Waals surface area contributed by atoms with Crippen molar-refractivity contribution in [2.45, 2.75) is 64.8 Å². The van der Waals surface area contributed by atoms with Crippen LogP contribution < -0.4 is 0 Å². The number of hydrogen-bond acceptors (Lipinski definition) is 2. The lowest BCUT2D eigenvalue weighted by molar-refractivity contribution is -0.137. The van der Waals surface area contributed by atoms with Crippen LogP contribution in [0.2, 0.25) is 18.1 Å². The minimum atomic E-state index is -1.83. The predicted molar refractivity (Wildman–Crippen MR) is 73.6 cm³/mol. The molecule has 1 amide bonds. The topological polar surface area (TPSA) is 29.5 Å². The van der Waals surface area contributed by atoms with Crippen LogP contribution in [0.1, 0.15) is 40.5 Å². The molecule has 1 aliphatic rings. The molecular formula is C13H27NO2Si. The normalized spacial score (nSPS) is 19.5. The van der Waals surface area contributed by atoms with E-state index >= 15 is 0 Å². The average molecular weight is 257 g/mol. The number of carbonyl (C=O) groups is 1. The lowest BCUT2D eigenvalue weighted by atomic mass is 10.2. The Bertz CT molecular complexity index is 278. The van der Waals surface area contributed by atoms with E-state index in [4.69, 9.17) is 4.43 Å². The van der Waals surface area contributed by atoms with Gasteiger partial charge in [0.05, 0.1) is 0 Å². The highest BCUT2D eigenvalue weighted by Gasteiger charge is 2.40. The largest absolute Gasteiger partial charge is 0.405 e. The Morgan fingerprint density at radius 1 is 1.24 bits per heavy atom. The molecule has 0 aliphatic carbocycles. The summed E-state index contributed by atoms with van der Waals surface area (Å²) in [5.74, 6) is 0.173. The number of amides is 1. The van der Waals surface area contributed by atoms with Crippen molar-refractivity contribution in [3.05, 3.63) is 0 Å². The highest BCUT2D eigenvalue weighted by Crippen LogP contribution is 2.37. The standard InChI is InChI=1S/C13H27NO2Si/c1-11(12(15)14-9-7-8-10-14)16-17(5,6)13(2,3)4/h11H,7-10H2,1-6H3/t11-/m0/s1. The molecule has 0 aromatic rings. The Morgan fingerprint density at radius 2 is 1.71 bits per heavy atom. The number of rotatable bonds is 3. The molecule has 1 aliphatic heterocycles. The maximum absolute atomic E-state index is 12.2. The minimum absolute atomic E-state index is 0.159. The van der Waals surface area contributed by atoms with Crippen LogP contribution in [0.5, 0.6) is 0 Å². The van der Waals surface area contributed by atoms with Crippen molar-refractivity contribution in [3.63, 3.8) is 0 Å². The Kier molecular flexibility index (Phi) is 4.41. The first kappa shape index (κ1) is 14.7. The molecule has 0 aromatic carbocycles. The van der Waals surface area contributed by atoms with Gasteiger partial charge in [0.15, 0.2) is 8.32 Å². The summed E-state index contributed by atoms with van der Waals surface area (Å²) in [6.45, 7) is 14.7. The van der Waals surface area contributed by atoms with Crippen LogP contribution >= 0.6 is 0 Å². The monoisotopic (exact) mass is 257 g/mol. The first-order valence-electron chi connectivity index (χ1n) is 6.62. The molecule has 4 heteroatoms. The van der Waals surface area contributed by atoms with Crippen molar-refractivity contribution in [1.29, 1.82) is 0 Å². The zero-order valence-corrected chi connectivity index (χ0v) is 13.2. The van der Waals surface area contributed by atoms with Gasteiger partial charge in [-0.1, -0.05) is 20.8 Å². The van der Waals surface area contributed by atoms with E-state index in [1.54, 1.807) is 0 Å². The number of nitrogens with zero attached hydrogens (tertiary/aromatic N) is 1. The lowest BCUT2D eigenvalue weighted by Crippen LogP contribution is -2.48. The molecule has 100 valence electrons. The van der Waals surface area contributed by atoms with E-state index in [9.17, 15) is 4.79 Å². The summed E-state index contributed by atoms with van der Waals surface area (Å²) in [4.78, 5) is 14.1. The Hall–Kier alpha value is -0.353. The maximum Gasteiger partial charge on any atom is 0.250 e. The van der Waals surface area contributed by atoms with E-state index < -0.39 is 8.32 Å². The molecule has 1 rings (SSSR count). The van der Waals surface area contributed by atoms with Crippen LogP contribution in [0.25, 0.3) is 0 Å². The van der Waals surface area contributed by atoms with E-state index in [0.717, 1.165) is 25.9 Å². The molecule has 0 N–H and O–H groups in total. The summed E-state index contributed by atoms with van der Waals surface area (Å²) >= 11 is 0. The summed E-state index contributed by atoms with van der Waals surface area (Å²) in [5.41, 5.74) is 0. The van der Waals surface area contributed by atoms with Gasteiger partial charge in [-0.15, -0.1) is 0 Å². The minimum Gasteiger partial charge on any atom is -0.405 e. The van der Waals surface area contributed by atoms with Crippen LogP contribution in [0, 0.1) is 0 Å². The SMILES string of the molecule is C[C@H](O[Si](C)(C)C(C)(C)C)C(=O)N1CCCC1. The zero-order valence-electron chi connectivity index (χ0n) is 12.2. The summed E-state index contributed by atoms with van der Waals surface area (Å²) in [5, 5.41) is 0.159. The zero-order chi connectivity index (χ0) is 13.3. The molecule has 1 fully saturated rings. The second-order valence-electron chi connectivity index (χ2n) is 6.55. The van der Waals surface area contributed by atoms with Crippen molar-refractivity contribution >= 4 is 14.2 Å². The van der Waals surface area contributed by atoms with E-state index in [1.165, 1.54) is 0 Å². The van der Waals surface area contributed by atoms with Gasteiger partial charge in [0, 0.05) is 13.1 Å². The van der Waals surface area contributed by atoms with Gasteiger partial charge in [0.25, 0.3) is 0 Å². The number of hydrogen-bond donors (Lipinski definition) is 0. The van der Waals surface area contributed by atoms with Gasteiger partial charge in [0.2, 0.25) is 5.91 Å². The van der Waals surface area contributed by atoms with Crippen LogP contribution in [-0.4, -0.2) is 38.3 Å².